The highest BCUT2D eigenvalue weighted by molar-refractivity contribution is 8.00. The standard InChI is InChI=1S/C16H24N2OS.ClH/c1-12-3-5-15(6-4-12)20-11-16(19)18-9-7-14(8-10-18)13(2)17;/h3-6,13-14H,7-11,17H2,1-2H3;1H. The molecular formula is C16H25ClN2OS. The summed E-state index contributed by atoms with van der Waals surface area (Å²) < 4.78 is 0. The van der Waals surface area contributed by atoms with Crippen LogP contribution in [0.2, 0.25) is 0 Å². The van der Waals surface area contributed by atoms with Gasteiger partial charge in [0.15, 0.2) is 0 Å². The summed E-state index contributed by atoms with van der Waals surface area (Å²) in [4.78, 5) is 15.3. The molecule has 118 valence electrons. The molecular weight excluding hydrogens is 304 g/mol. The van der Waals surface area contributed by atoms with Crippen molar-refractivity contribution in [3.63, 3.8) is 0 Å². The number of likely N-dealkylation sites (tertiary alicyclic amines) is 1. The van der Waals surface area contributed by atoms with Gasteiger partial charge < -0.3 is 10.6 Å². The molecule has 0 aromatic heterocycles. The normalized spacial score (nSPS) is 17.2. The highest BCUT2D eigenvalue weighted by atomic mass is 35.5. The fraction of sp³-hybridized carbons (Fsp3) is 0.562. The molecule has 0 radical (unpaired) electrons. The van der Waals surface area contributed by atoms with E-state index in [0.29, 0.717) is 11.7 Å². The lowest BCUT2D eigenvalue weighted by atomic mass is 9.91. The molecule has 1 saturated heterocycles. The maximum absolute atomic E-state index is 12.2. The van der Waals surface area contributed by atoms with E-state index in [1.165, 1.54) is 5.56 Å². The van der Waals surface area contributed by atoms with Crippen LogP contribution in [0.3, 0.4) is 0 Å². The lowest BCUT2D eigenvalue weighted by molar-refractivity contribution is -0.129. The summed E-state index contributed by atoms with van der Waals surface area (Å²) in [5.41, 5.74) is 7.18. The monoisotopic (exact) mass is 328 g/mol. The lowest BCUT2D eigenvalue weighted by Gasteiger charge is -2.33. The van der Waals surface area contributed by atoms with Gasteiger partial charge in [-0.05, 0) is 44.7 Å². The average molecular weight is 329 g/mol. The van der Waals surface area contributed by atoms with Gasteiger partial charge in [0, 0.05) is 24.0 Å². The SMILES string of the molecule is Cc1ccc(SCC(=O)N2CCC(C(C)N)CC2)cc1.Cl. The zero-order chi connectivity index (χ0) is 14.5. The highest BCUT2D eigenvalue weighted by Crippen LogP contribution is 2.22. The van der Waals surface area contributed by atoms with Crippen molar-refractivity contribution in [1.82, 2.24) is 4.90 Å². The first-order valence-corrected chi connectivity index (χ1v) is 8.27. The van der Waals surface area contributed by atoms with Crippen LogP contribution in [0.15, 0.2) is 29.2 Å². The zero-order valence-electron chi connectivity index (χ0n) is 12.7. The Kier molecular flexibility index (Phi) is 7.57. The van der Waals surface area contributed by atoms with Crippen molar-refractivity contribution in [1.29, 1.82) is 0 Å². The van der Waals surface area contributed by atoms with E-state index in [0.717, 1.165) is 30.8 Å². The van der Waals surface area contributed by atoms with Crippen LogP contribution in [0.1, 0.15) is 25.3 Å². The molecule has 1 atom stereocenters. The summed E-state index contributed by atoms with van der Waals surface area (Å²) in [6, 6.07) is 8.57. The summed E-state index contributed by atoms with van der Waals surface area (Å²) in [6.45, 7) is 5.86. The summed E-state index contributed by atoms with van der Waals surface area (Å²) in [6.07, 6.45) is 2.08. The van der Waals surface area contributed by atoms with E-state index in [2.05, 4.69) is 38.1 Å². The largest absolute Gasteiger partial charge is 0.342 e. The molecule has 1 amide bonds. The average Bonchev–Trinajstić information content (AvgIpc) is 2.46. The Morgan fingerprint density at radius 3 is 2.43 bits per heavy atom. The molecule has 2 N–H and O–H groups in total. The predicted octanol–water partition coefficient (Wildman–Crippen LogP) is 3.09. The quantitative estimate of drug-likeness (QED) is 0.864. The van der Waals surface area contributed by atoms with Crippen LogP contribution in [0, 0.1) is 12.8 Å². The second-order valence-electron chi connectivity index (χ2n) is 5.68. The summed E-state index contributed by atoms with van der Waals surface area (Å²) in [7, 11) is 0. The van der Waals surface area contributed by atoms with E-state index >= 15 is 0 Å². The first-order valence-electron chi connectivity index (χ1n) is 7.29. The molecule has 1 aliphatic rings. The van der Waals surface area contributed by atoms with Crippen LogP contribution in [0.5, 0.6) is 0 Å². The van der Waals surface area contributed by atoms with Crippen molar-refractivity contribution < 1.29 is 4.79 Å². The molecule has 0 spiro atoms. The summed E-state index contributed by atoms with van der Waals surface area (Å²) in [5, 5.41) is 0. The van der Waals surface area contributed by atoms with Crippen molar-refractivity contribution >= 4 is 30.1 Å². The number of nitrogens with zero attached hydrogens (tertiary/aromatic N) is 1. The minimum Gasteiger partial charge on any atom is -0.342 e. The van der Waals surface area contributed by atoms with Gasteiger partial charge in [0.1, 0.15) is 0 Å². The number of thioether (sulfide) groups is 1. The van der Waals surface area contributed by atoms with E-state index < -0.39 is 0 Å². The number of carbonyl (C=O) groups excluding carboxylic acids is 1. The van der Waals surface area contributed by atoms with Gasteiger partial charge in [0.25, 0.3) is 0 Å². The Hall–Kier alpha value is -0.710. The second kappa shape index (κ2) is 8.66. The maximum Gasteiger partial charge on any atom is 0.232 e. The number of carbonyl (C=O) groups is 1. The molecule has 1 aromatic carbocycles. The number of aryl methyl sites for hydroxylation is 1. The third-order valence-corrected chi connectivity index (χ3v) is 5.02. The minimum absolute atomic E-state index is 0. The Labute approximate surface area is 138 Å². The summed E-state index contributed by atoms with van der Waals surface area (Å²) >= 11 is 1.62. The van der Waals surface area contributed by atoms with Gasteiger partial charge in [-0.15, -0.1) is 24.2 Å². The topological polar surface area (TPSA) is 46.3 Å². The van der Waals surface area contributed by atoms with Gasteiger partial charge in [-0.1, -0.05) is 17.7 Å². The van der Waals surface area contributed by atoms with Crippen LogP contribution in [0.4, 0.5) is 0 Å². The summed E-state index contributed by atoms with van der Waals surface area (Å²) in [5.74, 6) is 1.36. The molecule has 1 fully saturated rings. The molecule has 1 aromatic rings. The third kappa shape index (κ3) is 5.53. The number of amides is 1. The van der Waals surface area contributed by atoms with E-state index in [-0.39, 0.29) is 24.4 Å². The predicted molar refractivity (Wildman–Crippen MR) is 92.1 cm³/mol. The maximum atomic E-state index is 12.2. The Morgan fingerprint density at radius 1 is 1.33 bits per heavy atom. The Balaban J connectivity index is 0.00000220. The first-order chi connectivity index (χ1) is 9.56. The van der Waals surface area contributed by atoms with E-state index in [4.69, 9.17) is 5.73 Å². The number of rotatable bonds is 4. The molecule has 2 rings (SSSR count). The van der Waals surface area contributed by atoms with Crippen molar-refractivity contribution in [2.24, 2.45) is 11.7 Å². The number of piperidine rings is 1. The Bertz CT molecular complexity index is 442. The first kappa shape index (κ1) is 18.3. The molecule has 0 aliphatic carbocycles. The van der Waals surface area contributed by atoms with Crippen molar-refractivity contribution in [3.05, 3.63) is 29.8 Å². The number of hydrogen-bond acceptors (Lipinski definition) is 3. The van der Waals surface area contributed by atoms with Crippen LogP contribution in [-0.4, -0.2) is 35.7 Å². The highest BCUT2D eigenvalue weighted by Gasteiger charge is 2.24. The van der Waals surface area contributed by atoms with Crippen LogP contribution in [-0.2, 0) is 4.79 Å². The second-order valence-corrected chi connectivity index (χ2v) is 6.73. The molecule has 1 aliphatic heterocycles. The van der Waals surface area contributed by atoms with Crippen LogP contribution in [0.25, 0.3) is 0 Å². The van der Waals surface area contributed by atoms with Gasteiger partial charge in [-0.3, -0.25) is 4.79 Å². The molecule has 5 heteroatoms. The molecule has 0 bridgehead atoms. The zero-order valence-corrected chi connectivity index (χ0v) is 14.4. The molecule has 1 unspecified atom stereocenters. The van der Waals surface area contributed by atoms with Gasteiger partial charge in [-0.2, -0.15) is 0 Å². The van der Waals surface area contributed by atoms with E-state index in [1.54, 1.807) is 11.8 Å². The molecule has 1 heterocycles. The van der Waals surface area contributed by atoms with Crippen LogP contribution < -0.4 is 5.73 Å². The minimum atomic E-state index is 0. The molecule has 21 heavy (non-hydrogen) atoms. The number of halogens is 1. The van der Waals surface area contributed by atoms with Gasteiger partial charge in [0.2, 0.25) is 5.91 Å². The van der Waals surface area contributed by atoms with Crippen molar-refractivity contribution in [2.45, 2.75) is 37.6 Å². The number of benzene rings is 1. The van der Waals surface area contributed by atoms with Crippen LogP contribution >= 0.6 is 24.2 Å². The van der Waals surface area contributed by atoms with Crippen molar-refractivity contribution in [2.75, 3.05) is 18.8 Å². The van der Waals surface area contributed by atoms with Gasteiger partial charge >= 0.3 is 0 Å². The van der Waals surface area contributed by atoms with Crippen molar-refractivity contribution in [3.8, 4) is 0 Å². The Morgan fingerprint density at radius 2 is 1.90 bits per heavy atom. The fourth-order valence-electron chi connectivity index (χ4n) is 2.55. The molecule has 0 saturated carbocycles. The lowest BCUT2D eigenvalue weighted by Crippen LogP contribution is -2.43. The number of hydrogen-bond donors (Lipinski definition) is 1. The van der Waals surface area contributed by atoms with E-state index in [1.807, 2.05) is 4.90 Å². The fourth-order valence-corrected chi connectivity index (χ4v) is 3.35. The van der Waals surface area contributed by atoms with Gasteiger partial charge in [0.05, 0.1) is 5.75 Å². The smallest absolute Gasteiger partial charge is 0.232 e. The van der Waals surface area contributed by atoms with E-state index in [9.17, 15) is 4.79 Å². The molecule has 3 nitrogen and oxygen atoms in total. The number of nitrogens with two attached hydrogens (primary N) is 1. The third-order valence-electron chi connectivity index (χ3n) is 4.02. The van der Waals surface area contributed by atoms with Gasteiger partial charge in [-0.25, -0.2) is 0 Å².